The normalized spacial score (nSPS) is 10.4. The third-order valence-electron chi connectivity index (χ3n) is 2.21. The van der Waals surface area contributed by atoms with E-state index in [4.69, 9.17) is 11.6 Å². The molecule has 1 heterocycles. The largest absolute Gasteiger partial charge is 0.328 e. The Morgan fingerprint density at radius 3 is 2.88 bits per heavy atom. The molecule has 88 valence electrons. The minimum Gasteiger partial charge on any atom is -0.328 e. The number of halogens is 3. The van der Waals surface area contributed by atoms with Crippen LogP contribution in [0.3, 0.4) is 0 Å². The molecular formula is C11H8BrClFN3. The minimum absolute atomic E-state index is 0.145. The van der Waals surface area contributed by atoms with E-state index < -0.39 is 0 Å². The van der Waals surface area contributed by atoms with Crippen molar-refractivity contribution in [3.63, 3.8) is 0 Å². The van der Waals surface area contributed by atoms with Gasteiger partial charge < -0.3 is 4.90 Å². The molecule has 6 heteroatoms. The lowest BCUT2D eigenvalue weighted by molar-refractivity contribution is 0.628. The Balaban J connectivity index is 2.43. The van der Waals surface area contributed by atoms with Crippen LogP contribution in [0.15, 0.2) is 34.9 Å². The summed E-state index contributed by atoms with van der Waals surface area (Å²) in [6.45, 7) is 0. The third kappa shape index (κ3) is 2.73. The quantitative estimate of drug-likeness (QED) is 0.789. The Hall–Kier alpha value is -1.20. The van der Waals surface area contributed by atoms with Gasteiger partial charge >= 0.3 is 0 Å². The maximum Gasteiger partial charge on any atom is 0.224 e. The number of nitrogens with zero attached hydrogens (tertiary/aromatic N) is 3. The van der Waals surface area contributed by atoms with Crippen molar-refractivity contribution in [3.8, 4) is 0 Å². The van der Waals surface area contributed by atoms with Crippen LogP contribution in [0.1, 0.15) is 0 Å². The topological polar surface area (TPSA) is 29.0 Å². The molecule has 0 bridgehead atoms. The smallest absolute Gasteiger partial charge is 0.224 e. The summed E-state index contributed by atoms with van der Waals surface area (Å²) in [5.74, 6) is 0.279. The Kier molecular flexibility index (Phi) is 3.59. The zero-order valence-electron chi connectivity index (χ0n) is 8.86. The Morgan fingerprint density at radius 2 is 2.18 bits per heavy atom. The molecule has 0 radical (unpaired) electrons. The van der Waals surface area contributed by atoms with Crippen molar-refractivity contribution in [2.75, 3.05) is 11.9 Å². The highest BCUT2D eigenvalue weighted by Gasteiger charge is 2.11. The maximum atomic E-state index is 13.1. The van der Waals surface area contributed by atoms with Crippen LogP contribution in [0, 0.1) is 5.82 Å². The first-order valence-electron chi connectivity index (χ1n) is 4.75. The van der Waals surface area contributed by atoms with E-state index in [9.17, 15) is 4.39 Å². The molecule has 0 N–H and O–H groups in total. The van der Waals surface area contributed by atoms with E-state index in [1.807, 2.05) is 0 Å². The first-order valence-corrected chi connectivity index (χ1v) is 5.92. The molecule has 0 aliphatic carbocycles. The second-order valence-corrected chi connectivity index (χ2v) is 4.54. The SMILES string of the molecule is CN(c1cccc(F)c1)c1nc(Cl)ncc1Br. The van der Waals surface area contributed by atoms with Gasteiger partial charge in [0.15, 0.2) is 5.82 Å². The van der Waals surface area contributed by atoms with Gasteiger partial charge in [0.25, 0.3) is 0 Å². The molecule has 0 saturated carbocycles. The van der Waals surface area contributed by atoms with Crippen LogP contribution in [0.2, 0.25) is 5.28 Å². The molecule has 0 aliphatic rings. The van der Waals surface area contributed by atoms with E-state index >= 15 is 0 Å². The van der Waals surface area contributed by atoms with E-state index in [1.54, 1.807) is 30.3 Å². The number of rotatable bonds is 2. The van der Waals surface area contributed by atoms with Crippen LogP contribution in [0.25, 0.3) is 0 Å². The number of benzene rings is 1. The van der Waals surface area contributed by atoms with E-state index in [1.165, 1.54) is 12.1 Å². The van der Waals surface area contributed by atoms with Gasteiger partial charge in [0, 0.05) is 18.9 Å². The van der Waals surface area contributed by atoms with Gasteiger partial charge in [-0.3, -0.25) is 0 Å². The molecule has 0 unspecified atom stereocenters. The predicted octanol–water partition coefficient (Wildman–Crippen LogP) is 3.80. The van der Waals surface area contributed by atoms with Crippen molar-refractivity contribution in [2.24, 2.45) is 0 Å². The molecule has 2 rings (SSSR count). The standard InChI is InChI=1S/C11H8BrClFN3/c1-17(8-4-2-3-7(14)5-8)10-9(12)6-15-11(13)16-10/h2-6H,1H3. The summed E-state index contributed by atoms with van der Waals surface area (Å²) in [4.78, 5) is 9.65. The van der Waals surface area contributed by atoms with Crippen LogP contribution >= 0.6 is 27.5 Å². The zero-order chi connectivity index (χ0) is 12.4. The summed E-state index contributed by atoms with van der Waals surface area (Å²) in [6, 6.07) is 6.23. The average molecular weight is 317 g/mol. The van der Waals surface area contributed by atoms with Gasteiger partial charge in [-0.2, -0.15) is 4.98 Å². The number of hydrogen-bond donors (Lipinski definition) is 0. The first-order chi connectivity index (χ1) is 8.08. The molecule has 0 fully saturated rings. The zero-order valence-corrected chi connectivity index (χ0v) is 11.2. The minimum atomic E-state index is -0.300. The monoisotopic (exact) mass is 315 g/mol. The molecule has 1 aromatic carbocycles. The summed E-state index contributed by atoms with van der Waals surface area (Å²) in [5, 5.41) is 0.145. The lowest BCUT2D eigenvalue weighted by Gasteiger charge is -2.19. The molecule has 2 aromatic rings. The van der Waals surface area contributed by atoms with Crippen LogP contribution in [0.5, 0.6) is 0 Å². The fourth-order valence-electron chi connectivity index (χ4n) is 1.38. The molecule has 0 amide bonds. The van der Waals surface area contributed by atoms with Gasteiger partial charge in [-0.25, -0.2) is 9.37 Å². The van der Waals surface area contributed by atoms with Crippen LogP contribution in [-0.2, 0) is 0 Å². The highest BCUT2D eigenvalue weighted by Crippen LogP contribution is 2.29. The summed E-state index contributed by atoms with van der Waals surface area (Å²) < 4.78 is 13.8. The van der Waals surface area contributed by atoms with Crippen molar-refractivity contribution in [2.45, 2.75) is 0 Å². The summed E-state index contributed by atoms with van der Waals surface area (Å²) in [6.07, 6.45) is 1.56. The molecule has 0 atom stereocenters. The summed E-state index contributed by atoms with van der Waals surface area (Å²) >= 11 is 9.06. The lowest BCUT2D eigenvalue weighted by atomic mass is 10.3. The van der Waals surface area contributed by atoms with Gasteiger partial charge in [-0.05, 0) is 45.7 Å². The van der Waals surface area contributed by atoms with Gasteiger partial charge in [0.2, 0.25) is 5.28 Å². The molecule has 1 aromatic heterocycles. The summed E-state index contributed by atoms with van der Waals surface area (Å²) in [5.41, 5.74) is 0.681. The maximum absolute atomic E-state index is 13.1. The predicted molar refractivity (Wildman–Crippen MR) is 69.2 cm³/mol. The van der Waals surface area contributed by atoms with Crippen molar-refractivity contribution in [1.29, 1.82) is 0 Å². The first kappa shape index (κ1) is 12.3. The molecule has 17 heavy (non-hydrogen) atoms. The fraction of sp³-hybridized carbons (Fsp3) is 0.0909. The van der Waals surface area contributed by atoms with E-state index in [0.717, 1.165) is 0 Å². The van der Waals surface area contributed by atoms with Gasteiger partial charge in [-0.15, -0.1) is 0 Å². The molecule has 0 spiro atoms. The van der Waals surface area contributed by atoms with Crippen LogP contribution in [-0.4, -0.2) is 17.0 Å². The lowest BCUT2D eigenvalue weighted by Crippen LogP contribution is -2.12. The van der Waals surface area contributed by atoms with E-state index in [2.05, 4.69) is 25.9 Å². The molecular weight excluding hydrogens is 308 g/mol. The number of anilines is 2. The average Bonchev–Trinajstić information content (AvgIpc) is 2.31. The number of hydrogen-bond acceptors (Lipinski definition) is 3. The summed E-state index contributed by atoms with van der Waals surface area (Å²) in [7, 11) is 1.78. The van der Waals surface area contributed by atoms with E-state index in [-0.39, 0.29) is 11.1 Å². The fourth-order valence-corrected chi connectivity index (χ4v) is 1.97. The highest BCUT2D eigenvalue weighted by atomic mass is 79.9. The molecule has 3 nitrogen and oxygen atoms in total. The van der Waals surface area contributed by atoms with Gasteiger partial charge in [-0.1, -0.05) is 6.07 Å². The van der Waals surface area contributed by atoms with E-state index in [0.29, 0.717) is 16.0 Å². The Labute approximate surface area is 111 Å². The van der Waals surface area contributed by atoms with Gasteiger partial charge in [0.05, 0.1) is 4.47 Å². The Morgan fingerprint density at radius 1 is 1.41 bits per heavy atom. The van der Waals surface area contributed by atoms with Crippen molar-refractivity contribution in [3.05, 3.63) is 46.0 Å². The van der Waals surface area contributed by atoms with Crippen molar-refractivity contribution >= 4 is 39.0 Å². The van der Waals surface area contributed by atoms with Crippen LogP contribution in [0.4, 0.5) is 15.9 Å². The van der Waals surface area contributed by atoms with Gasteiger partial charge in [0.1, 0.15) is 5.82 Å². The second-order valence-electron chi connectivity index (χ2n) is 3.35. The third-order valence-corrected chi connectivity index (χ3v) is 2.95. The molecule has 0 saturated heterocycles. The number of aromatic nitrogens is 2. The highest BCUT2D eigenvalue weighted by molar-refractivity contribution is 9.10. The van der Waals surface area contributed by atoms with Crippen molar-refractivity contribution in [1.82, 2.24) is 9.97 Å². The Bertz CT molecular complexity index is 550. The molecule has 0 aliphatic heterocycles. The second kappa shape index (κ2) is 4.98. The van der Waals surface area contributed by atoms with Crippen LogP contribution < -0.4 is 4.90 Å². The van der Waals surface area contributed by atoms with Crippen molar-refractivity contribution < 1.29 is 4.39 Å².